The van der Waals surface area contributed by atoms with Crippen molar-refractivity contribution in [1.29, 1.82) is 0 Å². The van der Waals surface area contributed by atoms with Crippen LogP contribution >= 0.6 is 11.3 Å². The molecule has 7 nitrogen and oxygen atoms in total. The lowest BCUT2D eigenvalue weighted by Gasteiger charge is -2.16. The van der Waals surface area contributed by atoms with Crippen LogP contribution in [0.15, 0.2) is 53.5 Å². The fourth-order valence-electron chi connectivity index (χ4n) is 3.14. The van der Waals surface area contributed by atoms with E-state index in [9.17, 15) is 4.79 Å². The molecule has 3 heterocycles. The van der Waals surface area contributed by atoms with Gasteiger partial charge in [0.2, 0.25) is 0 Å². The monoisotopic (exact) mass is 409 g/mol. The molecule has 0 unspecified atom stereocenters. The van der Waals surface area contributed by atoms with Crippen LogP contribution in [0.25, 0.3) is 0 Å². The van der Waals surface area contributed by atoms with Gasteiger partial charge in [0.25, 0.3) is 0 Å². The van der Waals surface area contributed by atoms with E-state index in [1.165, 1.54) is 24.2 Å². The van der Waals surface area contributed by atoms with Crippen molar-refractivity contribution in [3.05, 3.63) is 64.7 Å². The smallest absolute Gasteiger partial charge is 0.319 e. The number of nitrogens with zero attached hydrogens (tertiary/aromatic N) is 3. The average molecular weight is 410 g/mol. The van der Waals surface area contributed by atoms with E-state index in [-0.39, 0.29) is 6.03 Å². The van der Waals surface area contributed by atoms with Crippen molar-refractivity contribution in [2.24, 2.45) is 0 Å². The Balaban J connectivity index is 1.25. The highest BCUT2D eigenvalue weighted by molar-refractivity contribution is 7.07. The number of hydrogen-bond acceptors (Lipinski definition) is 6. The van der Waals surface area contributed by atoms with Crippen LogP contribution in [-0.4, -0.2) is 29.1 Å². The van der Waals surface area contributed by atoms with Gasteiger partial charge in [-0.1, -0.05) is 12.1 Å². The van der Waals surface area contributed by atoms with E-state index < -0.39 is 0 Å². The Morgan fingerprint density at radius 2 is 2.07 bits per heavy atom. The average Bonchev–Trinajstić information content (AvgIpc) is 3.46. The molecule has 1 aliphatic rings. The van der Waals surface area contributed by atoms with Gasteiger partial charge in [-0.25, -0.2) is 14.8 Å². The van der Waals surface area contributed by atoms with Crippen molar-refractivity contribution >= 4 is 28.9 Å². The Bertz CT molecular complexity index is 925. The number of rotatable bonds is 7. The summed E-state index contributed by atoms with van der Waals surface area (Å²) in [5.41, 5.74) is 4.29. The maximum absolute atomic E-state index is 12.2. The maximum atomic E-state index is 12.2. The minimum Gasteiger partial charge on any atom is -0.487 e. The van der Waals surface area contributed by atoms with Gasteiger partial charge in [0, 0.05) is 43.0 Å². The van der Waals surface area contributed by atoms with E-state index in [4.69, 9.17) is 4.74 Å². The molecule has 0 bridgehead atoms. The number of pyridine rings is 1. The minimum atomic E-state index is -0.273. The second kappa shape index (κ2) is 9.38. The zero-order valence-corrected chi connectivity index (χ0v) is 16.8. The number of ether oxygens (including phenoxy) is 1. The summed E-state index contributed by atoms with van der Waals surface area (Å²) in [5.74, 6) is 1.68. The first-order chi connectivity index (χ1) is 14.3. The van der Waals surface area contributed by atoms with Crippen LogP contribution in [0.5, 0.6) is 5.75 Å². The molecule has 1 aromatic carbocycles. The summed E-state index contributed by atoms with van der Waals surface area (Å²) in [5, 5.41) is 7.63. The van der Waals surface area contributed by atoms with Gasteiger partial charge in [-0.15, -0.1) is 11.3 Å². The molecule has 0 atom stereocenters. The molecular formula is C21H23N5O2S. The number of urea groups is 1. The Hall–Kier alpha value is -3.13. The third-order valence-corrected chi connectivity index (χ3v) is 5.29. The van der Waals surface area contributed by atoms with E-state index in [1.54, 1.807) is 11.6 Å². The highest BCUT2D eigenvalue weighted by atomic mass is 32.1. The standard InChI is InChI=1S/C21H23N5O2S/c27-21(23-12-16-6-7-20(22-11-16)26-8-1-2-9-26)25-17-4-3-5-19(10-17)28-13-18-14-29-15-24-18/h3-7,10-11,14-15H,1-2,8-9,12-13H2,(H2,23,25,27). The molecule has 2 amide bonds. The lowest BCUT2D eigenvalue weighted by atomic mass is 10.2. The Labute approximate surface area is 173 Å². The van der Waals surface area contributed by atoms with Gasteiger partial charge in [0.05, 0.1) is 11.2 Å². The van der Waals surface area contributed by atoms with E-state index in [1.807, 2.05) is 41.9 Å². The molecule has 150 valence electrons. The second-order valence-corrected chi connectivity index (χ2v) is 7.54. The summed E-state index contributed by atoms with van der Waals surface area (Å²) in [7, 11) is 0. The molecule has 0 radical (unpaired) electrons. The third kappa shape index (κ3) is 5.45. The zero-order valence-electron chi connectivity index (χ0n) is 16.0. The first-order valence-electron chi connectivity index (χ1n) is 9.61. The normalized spacial score (nSPS) is 13.3. The maximum Gasteiger partial charge on any atom is 0.319 e. The van der Waals surface area contributed by atoms with Gasteiger partial charge in [-0.2, -0.15) is 0 Å². The zero-order chi connectivity index (χ0) is 19.9. The lowest BCUT2D eigenvalue weighted by Crippen LogP contribution is -2.28. The fourth-order valence-corrected chi connectivity index (χ4v) is 3.68. The Morgan fingerprint density at radius 1 is 1.17 bits per heavy atom. The van der Waals surface area contributed by atoms with Crippen molar-refractivity contribution in [1.82, 2.24) is 15.3 Å². The van der Waals surface area contributed by atoms with Gasteiger partial charge in [-0.05, 0) is 36.6 Å². The minimum absolute atomic E-state index is 0.273. The van der Waals surface area contributed by atoms with Crippen LogP contribution in [0.2, 0.25) is 0 Å². The highest BCUT2D eigenvalue weighted by Crippen LogP contribution is 2.19. The first-order valence-corrected chi connectivity index (χ1v) is 10.6. The van der Waals surface area contributed by atoms with Gasteiger partial charge in [0.15, 0.2) is 0 Å². The molecule has 0 saturated carbocycles. The SMILES string of the molecule is O=C(NCc1ccc(N2CCCC2)nc1)Nc1cccc(OCc2cscn2)c1. The second-order valence-electron chi connectivity index (χ2n) is 6.82. The molecule has 2 aromatic heterocycles. The molecule has 1 saturated heterocycles. The number of amides is 2. The van der Waals surface area contributed by atoms with Crippen molar-refractivity contribution in [3.63, 3.8) is 0 Å². The quantitative estimate of drug-likeness (QED) is 0.616. The number of nitrogens with one attached hydrogen (secondary N) is 2. The van der Waals surface area contributed by atoms with Gasteiger partial charge in [0.1, 0.15) is 18.2 Å². The number of thiazole rings is 1. The Kier molecular flexibility index (Phi) is 6.21. The first kappa shape index (κ1) is 19.2. The van der Waals surface area contributed by atoms with Crippen LogP contribution < -0.4 is 20.3 Å². The number of aromatic nitrogens is 2. The van der Waals surface area contributed by atoms with Gasteiger partial charge >= 0.3 is 6.03 Å². The number of hydrogen-bond donors (Lipinski definition) is 2. The number of carbonyl (C=O) groups excluding carboxylic acids is 1. The molecular weight excluding hydrogens is 386 g/mol. The molecule has 8 heteroatoms. The molecule has 1 aliphatic heterocycles. The summed E-state index contributed by atoms with van der Waals surface area (Å²) >= 11 is 1.53. The predicted octanol–water partition coefficient (Wildman–Crippen LogP) is 4.04. The summed E-state index contributed by atoms with van der Waals surface area (Å²) in [6, 6.07) is 11.1. The summed E-state index contributed by atoms with van der Waals surface area (Å²) < 4.78 is 5.72. The topological polar surface area (TPSA) is 79.4 Å². The van der Waals surface area contributed by atoms with Gasteiger partial charge < -0.3 is 20.3 Å². The number of anilines is 2. The van der Waals surface area contributed by atoms with Gasteiger partial charge in [-0.3, -0.25) is 0 Å². The molecule has 2 N–H and O–H groups in total. The summed E-state index contributed by atoms with van der Waals surface area (Å²) in [6.45, 7) is 2.96. The molecule has 3 aromatic rings. The predicted molar refractivity (Wildman–Crippen MR) is 114 cm³/mol. The van der Waals surface area contributed by atoms with Crippen LogP contribution in [0.4, 0.5) is 16.3 Å². The summed E-state index contributed by atoms with van der Waals surface area (Å²) in [6.07, 6.45) is 4.27. The fraction of sp³-hybridized carbons (Fsp3) is 0.286. The third-order valence-electron chi connectivity index (χ3n) is 4.65. The summed E-state index contributed by atoms with van der Waals surface area (Å²) in [4.78, 5) is 23.2. The van der Waals surface area contributed by atoms with Crippen LogP contribution in [0.3, 0.4) is 0 Å². The molecule has 0 aliphatic carbocycles. The molecule has 29 heavy (non-hydrogen) atoms. The van der Waals surface area contributed by atoms with Crippen LogP contribution in [-0.2, 0) is 13.2 Å². The van der Waals surface area contributed by atoms with Crippen molar-refractivity contribution < 1.29 is 9.53 Å². The Morgan fingerprint density at radius 3 is 2.83 bits per heavy atom. The molecule has 1 fully saturated rings. The van der Waals surface area contributed by atoms with E-state index in [2.05, 4.69) is 25.5 Å². The van der Waals surface area contributed by atoms with Crippen molar-refractivity contribution in [2.75, 3.05) is 23.3 Å². The number of carbonyl (C=O) groups is 1. The van der Waals surface area contributed by atoms with E-state index in [0.717, 1.165) is 30.2 Å². The molecule has 0 spiro atoms. The highest BCUT2D eigenvalue weighted by Gasteiger charge is 2.13. The van der Waals surface area contributed by atoms with Crippen LogP contribution in [0.1, 0.15) is 24.1 Å². The van der Waals surface area contributed by atoms with Crippen LogP contribution in [0, 0.1) is 0 Å². The van der Waals surface area contributed by atoms with E-state index >= 15 is 0 Å². The van der Waals surface area contributed by atoms with Crippen molar-refractivity contribution in [2.45, 2.75) is 26.0 Å². The molecule has 4 rings (SSSR count). The largest absolute Gasteiger partial charge is 0.487 e. The van der Waals surface area contributed by atoms with E-state index in [0.29, 0.717) is 24.6 Å². The van der Waals surface area contributed by atoms with Crippen molar-refractivity contribution in [3.8, 4) is 5.75 Å². The number of benzene rings is 1. The lowest BCUT2D eigenvalue weighted by molar-refractivity contribution is 0.251.